The molecule has 1 unspecified atom stereocenters. The molecule has 1 N–H and O–H groups in total. The van der Waals surface area contributed by atoms with E-state index in [-0.39, 0.29) is 16.7 Å². The van der Waals surface area contributed by atoms with Gasteiger partial charge in [0.05, 0.1) is 12.2 Å². The van der Waals surface area contributed by atoms with Gasteiger partial charge in [0, 0.05) is 24.6 Å². The Morgan fingerprint density at radius 1 is 1.21 bits per heavy atom. The predicted molar refractivity (Wildman–Crippen MR) is 113 cm³/mol. The van der Waals surface area contributed by atoms with Crippen LogP contribution in [0.4, 0.5) is 0 Å². The number of nitrogens with zero attached hydrogens (tertiary/aromatic N) is 2. The van der Waals surface area contributed by atoms with E-state index in [1.165, 1.54) is 35.6 Å². The highest BCUT2D eigenvalue weighted by molar-refractivity contribution is 5.84. The van der Waals surface area contributed by atoms with Crippen molar-refractivity contribution in [2.75, 3.05) is 13.6 Å². The van der Waals surface area contributed by atoms with Gasteiger partial charge in [0.15, 0.2) is 0 Å². The monoisotopic (exact) mass is 394 g/mol. The molecule has 0 saturated heterocycles. The molecule has 0 spiro atoms. The molecule has 2 aliphatic rings. The van der Waals surface area contributed by atoms with Crippen LogP contribution in [0.3, 0.4) is 0 Å². The maximum absolute atomic E-state index is 10.8. The van der Waals surface area contributed by atoms with Gasteiger partial charge in [-0.15, -0.1) is 0 Å². The van der Waals surface area contributed by atoms with E-state index in [0.29, 0.717) is 12.4 Å². The highest BCUT2D eigenvalue weighted by atomic mass is 16.4. The van der Waals surface area contributed by atoms with Crippen molar-refractivity contribution in [2.24, 2.45) is 0 Å². The number of oxazole rings is 1. The summed E-state index contributed by atoms with van der Waals surface area (Å²) in [7, 11) is 2.08. The predicted octanol–water partition coefficient (Wildman–Crippen LogP) is 4.70. The van der Waals surface area contributed by atoms with Crippen LogP contribution in [0.25, 0.3) is 6.08 Å². The Balaban J connectivity index is 1.77. The second-order valence-electron chi connectivity index (χ2n) is 9.85. The van der Waals surface area contributed by atoms with Crippen molar-refractivity contribution < 1.29 is 14.3 Å². The van der Waals surface area contributed by atoms with Gasteiger partial charge >= 0.3 is 5.97 Å². The fourth-order valence-electron chi connectivity index (χ4n) is 4.78. The molecule has 1 atom stereocenters. The average molecular weight is 395 g/mol. The molecule has 2 heterocycles. The first-order chi connectivity index (χ1) is 13.6. The molecule has 29 heavy (non-hydrogen) atoms. The van der Waals surface area contributed by atoms with E-state index in [1.54, 1.807) is 0 Å². The van der Waals surface area contributed by atoms with Crippen molar-refractivity contribution >= 4 is 12.0 Å². The third-order valence-electron chi connectivity index (χ3n) is 6.63. The van der Waals surface area contributed by atoms with Crippen LogP contribution in [0.2, 0.25) is 0 Å². The largest absolute Gasteiger partial charge is 0.478 e. The van der Waals surface area contributed by atoms with Gasteiger partial charge in [0.2, 0.25) is 5.89 Å². The quantitative estimate of drug-likeness (QED) is 0.765. The molecule has 0 amide bonds. The van der Waals surface area contributed by atoms with E-state index in [4.69, 9.17) is 9.52 Å². The van der Waals surface area contributed by atoms with Gasteiger partial charge in [0.1, 0.15) is 5.76 Å². The third-order valence-corrected chi connectivity index (χ3v) is 6.63. The number of benzene rings is 1. The lowest BCUT2D eigenvalue weighted by Gasteiger charge is -2.42. The van der Waals surface area contributed by atoms with Crippen LogP contribution in [0.1, 0.15) is 80.5 Å². The van der Waals surface area contributed by atoms with Crippen LogP contribution in [0, 0.1) is 0 Å². The number of aromatic nitrogens is 1. The van der Waals surface area contributed by atoms with Crippen molar-refractivity contribution in [3.05, 3.63) is 58.3 Å². The van der Waals surface area contributed by atoms with Gasteiger partial charge in [-0.2, -0.15) is 0 Å². The fraction of sp³-hybridized carbons (Fsp3) is 0.500. The summed E-state index contributed by atoms with van der Waals surface area (Å²) >= 11 is 0. The SMILES string of the molecule is CN1Cc2oc(/C=C/C(=O)O)nc2C(c2ccc3c(c2)C(C)(C)CCC3(C)C)C1. The zero-order valence-electron chi connectivity index (χ0n) is 18.0. The van der Waals surface area contributed by atoms with Crippen molar-refractivity contribution in [2.45, 2.75) is 63.8 Å². The van der Waals surface area contributed by atoms with Crippen LogP contribution in [-0.2, 0) is 22.2 Å². The van der Waals surface area contributed by atoms with Crippen LogP contribution in [-0.4, -0.2) is 34.6 Å². The second kappa shape index (κ2) is 6.84. The lowest BCUT2D eigenvalue weighted by Crippen LogP contribution is -2.35. The number of rotatable bonds is 3. The van der Waals surface area contributed by atoms with E-state index < -0.39 is 5.97 Å². The number of likely N-dealkylation sites (N-methyl/N-ethyl adjacent to an activating group) is 1. The van der Waals surface area contributed by atoms with Crippen molar-refractivity contribution in [3.63, 3.8) is 0 Å². The minimum atomic E-state index is -1.01. The Labute approximate surface area is 172 Å². The van der Waals surface area contributed by atoms with E-state index in [2.05, 4.69) is 62.8 Å². The number of carboxylic acid groups (broad SMARTS) is 1. The van der Waals surface area contributed by atoms with E-state index in [1.807, 2.05) is 0 Å². The van der Waals surface area contributed by atoms with Gasteiger partial charge in [-0.05, 0) is 47.4 Å². The fourth-order valence-corrected chi connectivity index (χ4v) is 4.78. The Bertz CT molecular complexity index is 984. The highest BCUT2D eigenvalue weighted by Crippen LogP contribution is 2.47. The summed E-state index contributed by atoms with van der Waals surface area (Å²) in [6.45, 7) is 10.9. The van der Waals surface area contributed by atoms with Crippen molar-refractivity contribution in [1.29, 1.82) is 0 Å². The zero-order valence-corrected chi connectivity index (χ0v) is 18.0. The Morgan fingerprint density at radius 3 is 2.59 bits per heavy atom. The second-order valence-corrected chi connectivity index (χ2v) is 9.85. The van der Waals surface area contributed by atoms with Gasteiger partial charge < -0.3 is 9.52 Å². The van der Waals surface area contributed by atoms with Crippen molar-refractivity contribution in [3.8, 4) is 0 Å². The Hall–Kier alpha value is -2.40. The summed E-state index contributed by atoms with van der Waals surface area (Å²) in [4.78, 5) is 17.7. The van der Waals surface area contributed by atoms with Gasteiger partial charge in [-0.3, -0.25) is 4.90 Å². The normalized spacial score (nSPS) is 23.0. The number of hydrogen-bond acceptors (Lipinski definition) is 4. The molecule has 2 aromatic rings. The number of fused-ring (bicyclic) bond motifs is 2. The summed E-state index contributed by atoms with van der Waals surface area (Å²) in [6.07, 6.45) is 4.88. The van der Waals surface area contributed by atoms with Gasteiger partial charge in [0.25, 0.3) is 0 Å². The average Bonchev–Trinajstić information content (AvgIpc) is 3.05. The summed E-state index contributed by atoms with van der Waals surface area (Å²) in [5.41, 5.74) is 5.43. The molecule has 5 nitrogen and oxygen atoms in total. The molecule has 154 valence electrons. The van der Waals surface area contributed by atoms with Crippen LogP contribution in [0.15, 0.2) is 28.7 Å². The molecule has 1 aliphatic carbocycles. The number of carbonyl (C=O) groups is 1. The third kappa shape index (κ3) is 3.64. The van der Waals surface area contributed by atoms with E-state index >= 15 is 0 Å². The number of aliphatic carboxylic acids is 1. The maximum atomic E-state index is 10.8. The topological polar surface area (TPSA) is 66.6 Å². The lowest BCUT2D eigenvalue weighted by atomic mass is 9.62. The molecule has 0 bridgehead atoms. The first-order valence-corrected chi connectivity index (χ1v) is 10.3. The molecule has 0 saturated carbocycles. The number of hydrogen-bond donors (Lipinski definition) is 1. The first kappa shape index (κ1) is 19.9. The number of carboxylic acids is 1. The standard InChI is InChI=1S/C24H30N2O3/c1-23(2)10-11-24(3,4)18-12-15(6-7-17(18)23)16-13-26(5)14-19-22(16)25-20(29-19)8-9-21(27)28/h6-9,12,16H,10-11,13-14H2,1-5H3,(H,27,28)/b9-8+. The maximum Gasteiger partial charge on any atom is 0.328 e. The van der Waals surface area contributed by atoms with Crippen LogP contribution < -0.4 is 0 Å². The molecular weight excluding hydrogens is 364 g/mol. The molecule has 0 fully saturated rings. The molecule has 5 heteroatoms. The van der Waals surface area contributed by atoms with Crippen LogP contribution in [0.5, 0.6) is 0 Å². The molecule has 4 rings (SSSR count). The highest BCUT2D eigenvalue weighted by Gasteiger charge is 2.38. The summed E-state index contributed by atoms with van der Waals surface area (Å²) in [5.74, 6) is 0.295. The minimum Gasteiger partial charge on any atom is -0.478 e. The van der Waals surface area contributed by atoms with Gasteiger partial charge in [-0.1, -0.05) is 45.9 Å². The zero-order chi connectivity index (χ0) is 21.0. The molecule has 1 aromatic carbocycles. The lowest BCUT2D eigenvalue weighted by molar-refractivity contribution is -0.131. The molecule has 1 aliphatic heterocycles. The van der Waals surface area contributed by atoms with Crippen LogP contribution >= 0.6 is 0 Å². The van der Waals surface area contributed by atoms with Gasteiger partial charge in [-0.25, -0.2) is 9.78 Å². The first-order valence-electron chi connectivity index (χ1n) is 10.3. The molecule has 1 aromatic heterocycles. The smallest absolute Gasteiger partial charge is 0.328 e. The summed E-state index contributed by atoms with van der Waals surface area (Å²) in [6, 6.07) is 6.94. The van der Waals surface area contributed by atoms with Crippen molar-refractivity contribution in [1.82, 2.24) is 9.88 Å². The summed E-state index contributed by atoms with van der Waals surface area (Å²) < 4.78 is 5.86. The Kier molecular flexibility index (Phi) is 4.69. The minimum absolute atomic E-state index is 0.116. The summed E-state index contributed by atoms with van der Waals surface area (Å²) in [5, 5.41) is 8.89. The Morgan fingerprint density at radius 2 is 1.90 bits per heavy atom. The molecular formula is C24H30N2O3. The van der Waals surface area contributed by atoms with E-state index in [0.717, 1.165) is 24.1 Å². The molecule has 0 radical (unpaired) electrons. The van der Waals surface area contributed by atoms with E-state index in [9.17, 15) is 4.79 Å².